The largest absolute Gasteiger partial charge is 0.322 e. The molecule has 2 heterocycles. The van der Waals surface area contributed by atoms with Gasteiger partial charge in [0.05, 0.1) is 16.3 Å². The van der Waals surface area contributed by atoms with E-state index in [1.54, 1.807) is 18.5 Å². The SMILES string of the molecule is Cc1cc(-n2cc(S(C)=O)nc2C)cc2ccc(=O)[nH]c12. The first-order valence-corrected chi connectivity index (χ1v) is 8.05. The maximum atomic E-state index is 11.6. The lowest BCUT2D eigenvalue weighted by Crippen LogP contribution is -2.04. The van der Waals surface area contributed by atoms with Gasteiger partial charge in [-0.25, -0.2) is 4.98 Å². The zero-order chi connectivity index (χ0) is 15.1. The van der Waals surface area contributed by atoms with Gasteiger partial charge in [0, 0.05) is 29.6 Å². The fraction of sp³-hybridized carbons (Fsp3) is 0.200. The van der Waals surface area contributed by atoms with Crippen molar-refractivity contribution in [2.24, 2.45) is 0 Å². The fourth-order valence-electron chi connectivity index (χ4n) is 2.41. The molecule has 21 heavy (non-hydrogen) atoms. The molecule has 5 nitrogen and oxygen atoms in total. The molecule has 0 saturated carbocycles. The van der Waals surface area contributed by atoms with E-state index in [1.165, 1.54) is 6.07 Å². The van der Waals surface area contributed by atoms with E-state index < -0.39 is 10.8 Å². The Morgan fingerprint density at radius 2 is 2.00 bits per heavy atom. The minimum atomic E-state index is -1.11. The lowest BCUT2D eigenvalue weighted by molar-refractivity contribution is 0.684. The van der Waals surface area contributed by atoms with Crippen LogP contribution >= 0.6 is 0 Å². The average Bonchev–Trinajstić information content (AvgIpc) is 2.82. The second kappa shape index (κ2) is 4.96. The van der Waals surface area contributed by atoms with Crippen LogP contribution in [0.25, 0.3) is 16.6 Å². The van der Waals surface area contributed by atoms with Crippen LogP contribution in [0, 0.1) is 13.8 Å². The van der Waals surface area contributed by atoms with Crippen LogP contribution in [0.3, 0.4) is 0 Å². The van der Waals surface area contributed by atoms with Crippen molar-refractivity contribution >= 4 is 21.7 Å². The van der Waals surface area contributed by atoms with Gasteiger partial charge in [0.2, 0.25) is 5.56 Å². The summed E-state index contributed by atoms with van der Waals surface area (Å²) < 4.78 is 13.5. The summed E-state index contributed by atoms with van der Waals surface area (Å²) in [6.45, 7) is 3.83. The number of aryl methyl sites for hydroxylation is 2. The molecule has 1 aromatic carbocycles. The number of hydrogen-bond donors (Lipinski definition) is 1. The first kappa shape index (κ1) is 13.8. The van der Waals surface area contributed by atoms with Gasteiger partial charge in [0.25, 0.3) is 0 Å². The Kier molecular flexibility index (Phi) is 3.25. The molecule has 1 unspecified atom stereocenters. The summed E-state index contributed by atoms with van der Waals surface area (Å²) in [7, 11) is -1.11. The van der Waals surface area contributed by atoms with Crippen molar-refractivity contribution < 1.29 is 4.21 Å². The quantitative estimate of drug-likeness (QED) is 0.788. The number of aromatic nitrogens is 3. The second-order valence-corrected chi connectivity index (χ2v) is 6.33. The van der Waals surface area contributed by atoms with E-state index in [0.29, 0.717) is 5.03 Å². The molecular weight excluding hydrogens is 286 g/mol. The van der Waals surface area contributed by atoms with E-state index in [4.69, 9.17) is 0 Å². The Morgan fingerprint density at radius 1 is 1.24 bits per heavy atom. The average molecular weight is 301 g/mol. The summed E-state index contributed by atoms with van der Waals surface area (Å²) in [5.41, 5.74) is 2.64. The standard InChI is InChI=1S/C15H15N3O2S/c1-9-6-12(7-11-4-5-13(19)17-15(9)11)18-8-14(21(3)20)16-10(18)2/h4-8H,1-3H3,(H,17,19). The van der Waals surface area contributed by atoms with Gasteiger partial charge in [-0.15, -0.1) is 0 Å². The van der Waals surface area contributed by atoms with Crippen molar-refractivity contribution in [2.75, 3.05) is 6.26 Å². The fourth-order valence-corrected chi connectivity index (χ4v) is 2.93. The molecule has 0 saturated heterocycles. The van der Waals surface area contributed by atoms with Crippen molar-refractivity contribution in [3.8, 4) is 5.69 Å². The molecule has 0 aliphatic carbocycles. The van der Waals surface area contributed by atoms with Crippen LogP contribution in [0.5, 0.6) is 0 Å². The summed E-state index contributed by atoms with van der Waals surface area (Å²) in [5.74, 6) is 0.781. The molecule has 0 aliphatic rings. The Hall–Kier alpha value is -2.21. The highest BCUT2D eigenvalue weighted by atomic mass is 32.2. The summed E-state index contributed by atoms with van der Waals surface area (Å²) in [4.78, 5) is 18.6. The molecular formula is C15H15N3O2S. The van der Waals surface area contributed by atoms with Crippen molar-refractivity contribution in [3.63, 3.8) is 0 Å². The zero-order valence-electron chi connectivity index (χ0n) is 12.0. The number of benzene rings is 1. The van der Waals surface area contributed by atoms with Gasteiger partial charge in [0.15, 0.2) is 0 Å². The third kappa shape index (κ3) is 2.42. The van der Waals surface area contributed by atoms with Crippen LogP contribution in [0.15, 0.2) is 40.3 Å². The molecule has 0 amide bonds. The van der Waals surface area contributed by atoms with Gasteiger partial charge >= 0.3 is 0 Å². The predicted octanol–water partition coefficient (Wildman–Crippen LogP) is 2.07. The maximum absolute atomic E-state index is 11.6. The second-order valence-electron chi connectivity index (χ2n) is 5.00. The van der Waals surface area contributed by atoms with Crippen molar-refractivity contribution in [2.45, 2.75) is 18.9 Å². The van der Waals surface area contributed by atoms with Crippen LogP contribution in [-0.4, -0.2) is 25.0 Å². The highest BCUT2D eigenvalue weighted by Crippen LogP contribution is 2.22. The van der Waals surface area contributed by atoms with Gasteiger partial charge in [-0.1, -0.05) is 0 Å². The normalized spacial score (nSPS) is 12.7. The smallest absolute Gasteiger partial charge is 0.248 e. The molecule has 108 valence electrons. The molecule has 3 aromatic rings. The van der Waals surface area contributed by atoms with E-state index in [1.807, 2.05) is 30.5 Å². The number of imidazole rings is 1. The van der Waals surface area contributed by atoms with E-state index >= 15 is 0 Å². The third-order valence-electron chi connectivity index (χ3n) is 3.45. The summed E-state index contributed by atoms with van der Waals surface area (Å²) >= 11 is 0. The summed E-state index contributed by atoms with van der Waals surface area (Å²) in [5, 5.41) is 1.52. The van der Waals surface area contributed by atoms with Crippen LogP contribution in [0.1, 0.15) is 11.4 Å². The maximum Gasteiger partial charge on any atom is 0.248 e. The highest BCUT2D eigenvalue weighted by molar-refractivity contribution is 7.84. The Morgan fingerprint density at radius 3 is 2.67 bits per heavy atom. The van der Waals surface area contributed by atoms with Crippen LogP contribution in [0.4, 0.5) is 0 Å². The predicted molar refractivity (Wildman–Crippen MR) is 83.5 cm³/mol. The van der Waals surface area contributed by atoms with Gasteiger partial charge < -0.3 is 9.55 Å². The van der Waals surface area contributed by atoms with Crippen molar-refractivity contribution in [3.05, 3.63) is 52.2 Å². The number of H-pyrrole nitrogens is 1. The van der Waals surface area contributed by atoms with Gasteiger partial charge in [0.1, 0.15) is 10.9 Å². The number of nitrogens with one attached hydrogen (secondary N) is 1. The molecule has 0 bridgehead atoms. The van der Waals surface area contributed by atoms with Crippen molar-refractivity contribution in [1.82, 2.24) is 14.5 Å². The number of nitrogens with zero attached hydrogens (tertiary/aromatic N) is 2. The van der Waals surface area contributed by atoms with Gasteiger partial charge in [-0.05, 0) is 37.6 Å². The van der Waals surface area contributed by atoms with Gasteiger partial charge in [-0.2, -0.15) is 0 Å². The minimum Gasteiger partial charge on any atom is -0.322 e. The summed E-state index contributed by atoms with van der Waals surface area (Å²) in [6, 6.07) is 7.28. The zero-order valence-corrected chi connectivity index (χ0v) is 12.8. The number of hydrogen-bond acceptors (Lipinski definition) is 3. The number of fused-ring (bicyclic) bond motifs is 1. The molecule has 0 spiro atoms. The third-order valence-corrected chi connectivity index (χ3v) is 4.23. The van der Waals surface area contributed by atoms with Crippen LogP contribution < -0.4 is 5.56 Å². The number of pyridine rings is 1. The molecule has 6 heteroatoms. The van der Waals surface area contributed by atoms with Crippen LogP contribution in [0.2, 0.25) is 0 Å². The Labute approximate surface area is 124 Å². The first-order valence-electron chi connectivity index (χ1n) is 6.49. The molecule has 1 N–H and O–H groups in total. The van der Waals surface area contributed by atoms with E-state index in [0.717, 1.165) is 28.0 Å². The molecule has 3 rings (SSSR count). The van der Waals surface area contributed by atoms with Crippen LogP contribution in [-0.2, 0) is 10.8 Å². The van der Waals surface area contributed by atoms with Crippen molar-refractivity contribution in [1.29, 1.82) is 0 Å². The lowest BCUT2D eigenvalue weighted by atomic mass is 10.1. The molecule has 1 atom stereocenters. The topological polar surface area (TPSA) is 67.8 Å². The highest BCUT2D eigenvalue weighted by Gasteiger charge is 2.10. The number of aromatic amines is 1. The number of rotatable bonds is 2. The summed E-state index contributed by atoms with van der Waals surface area (Å²) in [6.07, 6.45) is 3.40. The molecule has 0 fully saturated rings. The van der Waals surface area contributed by atoms with Gasteiger partial charge in [-0.3, -0.25) is 9.00 Å². The first-order chi connectivity index (χ1) is 9.95. The monoisotopic (exact) mass is 301 g/mol. The Balaban J connectivity index is 2.24. The Bertz CT molecular complexity index is 924. The molecule has 0 radical (unpaired) electrons. The molecule has 2 aromatic heterocycles. The molecule has 0 aliphatic heterocycles. The van der Waals surface area contributed by atoms with E-state index in [2.05, 4.69) is 9.97 Å². The lowest BCUT2D eigenvalue weighted by Gasteiger charge is -2.09. The minimum absolute atomic E-state index is 0.110. The van der Waals surface area contributed by atoms with E-state index in [-0.39, 0.29) is 5.56 Å². The van der Waals surface area contributed by atoms with E-state index in [9.17, 15) is 9.00 Å².